The third kappa shape index (κ3) is 4.28. The first-order valence-corrected chi connectivity index (χ1v) is 6.87. The summed E-state index contributed by atoms with van der Waals surface area (Å²) in [7, 11) is 0. The fourth-order valence-electron chi connectivity index (χ4n) is 1.59. The highest BCUT2D eigenvalue weighted by Gasteiger charge is 2.22. The van der Waals surface area contributed by atoms with Crippen molar-refractivity contribution in [3.8, 4) is 5.88 Å². The molecule has 0 aliphatic heterocycles. The van der Waals surface area contributed by atoms with E-state index in [1.54, 1.807) is 12.1 Å². The van der Waals surface area contributed by atoms with Gasteiger partial charge >= 0.3 is 0 Å². The number of nitrogens with zero attached hydrogens (tertiary/aromatic N) is 1. The zero-order valence-corrected chi connectivity index (χ0v) is 11.6. The smallest absolute Gasteiger partial charge is 0.239 e. The number of rotatable bonds is 7. The van der Waals surface area contributed by atoms with E-state index in [0.29, 0.717) is 36.5 Å². The van der Waals surface area contributed by atoms with Crippen molar-refractivity contribution in [2.24, 2.45) is 11.8 Å². The van der Waals surface area contributed by atoms with Crippen LogP contribution >= 0.6 is 0 Å². The summed E-state index contributed by atoms with van der Waals surface area (Å²) in [5.41, 5.74) is 6.39. The molecule has 106 valence electrons. The van der Waals surface area contributed by atoms with E-state index in [-0.39, 0.29) is 5.92 Å². The van der Waals surface area contributed by atoms with Gasteiger partial charge in [-0.1, -0.05) is 13.8 Å². The molecule has 1 aromatic rings. The third-order valence-corrected chi connectivity index (χ3v) is 3.30. The van der Waals surface area contributed by atoms with Gasteiger partial charge in [0.05, 0.1) is 18.4 Å². The summed E-state index contributed by atoms with van der Waals surface area (Å²) in [5.74, 6) is 2.04. The van der Waals surface area contributed by atoms with Crippen LogP contribution in [-0.4, -0.2) is 29.3 Å². The second kappa shape index (κ2) is 6.10. The van der Waals surface area contributed by atoms with E-state index < -0.39 is 6.10 Å². The van der Waals surface area contributed by atoms with Crippen LogP contribution < -0.4 is 15.8 Å². The molecule has 1 unspecified atom stereocenters. The number of nitrogens with two attached hydrogens (primary N) is 1. The number of nitrogens with one attached hydrogen (secondary N) is 1. The molecule has 0 bridgehead atoms. The van der Waals surface area contributed by atoms with Crippen LogP contribution in [0.3, 0.4) is 0 Å². The van der Waals surface area contributed by atoms with Gasteiger partial charge in [0, 0.05) is 6.54 Å². The average Bonchev–Trinajstić information content (AvgIpc) is 3.19. The Morgan fingerprint density at radius 1 is 1.47 bits per heavy atom. The predicted octanol–water partition coefficient (Wildman–Crippen LogP) is 1.88. The van der Waals surface area contributed by atoms with Crippen LogP contribution in [0.1, 0.15) is 26.7 Å². The number of pyridine rings is 1. The first-order chi connectivity index (χ1) is 9.06. The molecule has 0 aromatic carbocycles. The van der Waals surface area contributed by atoms with Crippen molar-refractivity contribution in [1.82, 2.24) is 4.98 Å². The van der Waals surface area contributed by atoms with E-state index in [9.17, 15) is 5.11 Å². The summed E-state index contributed by atoms with van der Waals surface area (Å²) in [4.78, 5) is 4.33. The lowest BCUT2D eigenvalue weighted by atomic mass is 10.1. The number of nitrogen functional groups attached to an aromatic ring is 1. The molecule has 5 heteroatoms. The maximum Gasteiger partial charge on any atom is 0.239 e. The fourth-order valence-corrected chi connectivity index (χ4v) is 1.59. The Morgan fingerprint density at radius 2 is 2.21 bits per heavy atom. The molecule has 1 aliphatic rings. The zero-order chi connectivity index (χ0) is 13.8. The molecule has 2 rings (SSSR count). The monoisotopic (exact) mass is 265 g/mol. The third-order valence-electron chi connectivity index (χ3n) is 3.30. The normalized spacial score (nSPS) is 16.4. The molecule has 1 saturated carbocycles. The summed E-state index contributed by atoms with van der Waals surface area (Å²) >= 11 is 0. The van der Waals surface area contributed by atoms with Crippen molar-refractivity contribution >= 4 is 11.5 Å². The van der Waals surface area contributed by atoms with Crippen molar-refractivity contribution in [1.29, 1.82) is 0 Å². The molecule has 4 N–H and O–H groups in total. The Bertz CT molecular complexity index is 419. The predicted molar refractivity (Wildman–Crippen MR) is 76.2 cm³/mol. The number of aromatic nitrogens is 1. The van der Waals surface area contributed by atoms with Crippen molar-refractivity contribution in [2.75, 3.05) is 24.2 Å². The van der Waals surface area contributed by atoms with Gasteiger partial charge in [0.1, 0.15) is 5.82 Å². The second-order valence-corrected chi connectivity index (χ2v) is 5.54. The lowest BCUT2D eigenvalue weighted by Gasteiger charge is -2.16. The Hall–Kier alpha value is -1.49. The van der Waals surface area contributed by atoms with Crippen molar-refractivity contribution < 1.29 is 9.84 Å². The Morgan fingerprint density at radius 3 is 2.84 bits per heavy atom. The summed E-state index contributed by atoms with van der Waals surface area (Å²) in [6.07, 6.45) is 2.08. The number of hydrogen-bond acceptors (Lipinski definition) is 5. The molecule has 0 saturated heterocycles. The maximum absolute atomic E-state index is 9.75. The Labute approximate surface area is 114 Å². The minimum absolute atomic E-state index is 0.215. The SMILES string of the molecule is CC(C)C(O)CNc1ccc(N)c(OCC2CC2)n1. The molecule has 0 radical (unpaired) electrons. The van der Waals surface area contributed by atoms with Crippen LogP contribution in [0.15, 0.2) is 12.1 Å². The minimum atomic E-state index is -0.393. The van der Waals surface area contributed by atoms with Crippen LogP contribution in [0.5, 0.6) is 5.88 Å². The van der Waals surface area contributed by atoms with Crippen LogP contribution in [-0.2, 0) is 0 Å². The number of anilines is 2. The van der Waals surface area contributed by atoms with E-state index in [4.69, 9.17) is 10.5 Å². The molecule has 1 aliphatic carbocycles. The molecular weight excluding hydrogens is 242 g/mol. The van der Waals surface area contributed by atoms with Crippen LogP contribution in [0, 0.1) is 11.8 Å². The highest BCUT2D eigenvalue weighted by molar-refractivity contribution is 5.53. The molecule has 1 fully saturated rings. The van der Waals surface area contributed by atoms with Gasteiger partial charge in [0.25, 0.3) is 0 Å². The van der Waals surface area contributed by atoms with Gasteiger partial charge in [-0.15, -0.1) is 0 Å². The largest absolute Gasteiger partial charge is 0.476 e. The second-order valence-electron chi connectivity index (χ2n) is 5.54. The molecule has 0 amide bonds. The molecule has 1 heterocycles. The minimum Gasteiger partial charge on any atom is -0.476 e. The Balaban J connectivity index is 1.90. The number of ether oxygens (including phenoxy) is 1. The van der Waals surface area contributed by atoms with Gasteiger partial charge in [-0.05, 0) is 36.8 Å². The van der Waals surface area contributed by atoms with Gasteiger partial charge < -0.3 is 20.9 Å². The number of hydrogen-bond donors (Lipinski definition) is 3. The quantitative estimate of drug-likeness (QED) is 0.701. The van der Waals surface area contributed by atoms with Gasteiger partial charge in [-0.25, -0.2) is 0 Å². The average molecular weight is 265 g/mol. The van der Waals surface area contributed by atoms with Crippen LogP contribution in [0.4, 0.5) is 11.5 Å². The lowest BCUT2D eigenvalue weighted by Crippen LogP contribution is -2.25. The van der Waals surface area contributed by atoms with E-state index in [2.05, 4.69) is 10.3 Å². The molecule has 0 spiro atoms. The fraction of sp³-hybridized carbons (Fsp3) is 0.643. The van der Waals surface area contributed by atoms with Gasteiger partial charge in [-0.3, -0.25) is 0 Å². The zero-order valence-electron chi connectivity index (χ0n) is 11.6. The van der Waals surface area contributed by atoms with Gasteiger partial charge in [0.2, 0.25) is 5.88 Å². The first-order valence-electron chi connectivity index (χ1n) is 6.87. The van der Waals surface area contributed by atoms with Crippen LogP contribution in [0.2, 0.25) is 0 Å². The van der Waals surface area contributed by atoms with Crippen molar-refractivity contribution in [2.45, 2.75) is 32.8 Å². The topological polar surface area (TPSA) is 80.4 Å². The molecule has 1 atom stereocenters. The highest BCUT2D eigenvalue weighted by atomic mass is 16.5. The number of aliphatic hydroxyl groups is 1. The summed E-state index contributed by atoms with van der Waals surface area (Å²) < 4.78 is 5.62. The van der Waals surface area contributed by atoms with E-state index >= 15 is 0 Å². The highest BCUT2D eigenvalue weighted by Crippen LogP contribution is 2.30. The molecular formula is C14H23N3O2. The summed E-state index contributed by atoms with van der Waals surface area (Å²) in [5, 5.41) is 12.8. The van der Waals surface area contributed by atoms with Crippen molar-refractivity contribution in [3.63, 3.8) is 0 Å². The lowest BCUT2D eigenvalue weighted by molar-refractivity contribution is 0.138. The van der Waals surface area contributed by atoms with Crippen LogP contribution in [0.25, 0.3) is 0 Å². The summed E-state index contributed by atoms with van der Waals surface area (Å²) in [6.45, 7) is 5.12. The molecule has 1 aromatic heterocycles. The Kier molecular flexibility index (Phi) is 4.47. The maximum atomic E-state index is 9.75. The molecule has 19 heavy (non-hydrogen) atoms. The standard InChI is InChI=1S/C14H23N3O2/c1-9(2)12(18)7-16-13-6-5-11(15)14(17-13)19-8-10-3-4-10/h5-6,9-10,12,18H,3-4,7-8,15H2,1-2H3,(H,16,17). The van der Waals surface area contributed by atoms with Gasteiger partial charge in [0.15, 0.2) is 0 Å². The first kappa shape index (κ1) is 13.9. The van der Waals surface area contributed by atoms with E-state index in [1.807, 2.05) is 13.8 Å². The summed E-state index contributed by atoms with van der Waals surface area (Å²) in [6, 6.07) is 3.58. The molecule has 5 nitrogen and oxygen atoms in total. The number of aliphatic hydroxyl groups excluding tert-OH is 1. The van der Waals surface area contributed by atoms with Gasteiger partial charge in [-0.2, -0.15) is 4.98 Å². The van der Waals surface area contributed by atoms with E-state index in [1.165, 1.54) is 12.8 Å². The van der Waals surface area contributed by atoms with Crippen molar-refractivity contribution in [3.05, 3.63) is 12.1 Å². The van der Waals surface area contributed by atoms with E-state index in [0.717, 1.165) is 0 Å².